The molecule has 170 valence electrons. The van der Waals surface area contributed by atoms with Crippen molar-refractivity contribution < 1.29 is 18.0 Å². The Morgan fingerprint density at radius 2 is 1.55 bits per heavy atom. The minimum atomic E-state index is -3.86. The van der Waals surface area contributed by atoms with Crippen molar-refractivity contribution in [1.82, 2.24) is 4.90 Å². The second-order valence-corrected chi connectivity index (χ2v) is 9.80. The molecule has 33 heavy (non-hydrogen) atoms. The van der Waals surface area contributed by atoms with Crippen LogP contribution in [0.5, 0.6) is 0 Å². The predicted octanol–water partition coefficient (Wildman–Crippen LogP) is 4.00. The fraction of sp³-hybridized carbons (Fsp3) is 0.200. The molecular formula is C25H25N3O4S. The van der Waals surface area contributed by atoms with Gasteiger partial charge in [-0.25, -0.2) is 8.42 Å². The number of likely N-dealkylation sites (tertiary alicyclic amines) is 1. The lowest BCUT2D eigenvalue weighted by atomic mass is 10.1. The third-order valence-electron chi connectivity index (χ3n) is 5.67. The summed E-state index contributed by atoms with van der Waals surface area (Å²) in [5.74, 6) is -0.611. The molecule has 1 aliphatic rings. The number of hydrogen-bond donors (Lipinski definition) is 1. The largest absolute Gasteiger partial charge is 0.339 e. The molecule has 0 unspecified atom stereocenters. The summed E-state index contributed by atoms with van der Waals surface area (Å²) in [5, 5.41) is 2.78. The summed E-state index contributed by atoms with van der Waals surface area (Å²) >= 11 is 0. The van der Waals surface area contributed by atoms with E-state index in [-0.39, 0.29) is 16.4 Å². The van der Waals surface area contributed by atoms with Crippen LogP contribution in [0.15, 0.2) is 83.8 Å². The molecule has 0 atom stereocenters. The number of carbonyl (C=O) groups is 2. The van der Waals surface area contributed by atoms with Crippen LogP contribution in [-0.4, -0.2) is 45.3 Å². The number of amides is 2. The molecule has 1 fully saturated rings. The summed E-state index contributed by atoms with van der Waals surface area (Å²) in [4.78, 5) is 27.6. The van der Waals surface area contributed by atoms with Crippen LogP contribution >= 0.6 is 0 Å². The SMILES string of the molecule is CN(c1ccccc1)S(=O)(=O)c1cccc(C(=O)Nc2ccccc2C(=O)N2CCCC2)c1. The number of sulfonamides is 1. The molecule has 1 heterocycles. The third kappa shape index (κ3) is 4.75. The second-order valence-electron chi connectivity index (χ2n) is 7.83. The summed E-state index contributed by atoms with van der Waals surface area (Å²) in [6.45, 7) is 1.41. The van der Waals surface area contributed by atoms with Crippen LogP contribution < -0.4 is 9.62 Å². The van der Waals surface area contributed by atoms with Gasteiger partial charge in [0.25, 0.3) is 21.8 Å². The fourth-order valence-electron chi connectivity index (χ4n) is 3.80. The van der Waals surface area contributed by atoms with Gasteiger partial charge >= 0.3 is 0 Å². The molecule has 8 heteroatoms. The van der Waals surface area contributed by atoms with Crippen LogP contribution in [-0.2, 0) is 10.0 Å². The van der Waals surface area contributed by atoms with E-state index in [1.165, 1.54) is 29.6 Å². The zero-order valence-electron chi connectivity index (χ0n) is 18.3. The number of carbonyl (C=O) groups excluding carboxylic acids is 2. The van der Waals surface area contributed by atoms with E-state index in [1.807, 2.05) is 0 Å². The molecule has 7 nitrogen and oxygen atoms in total. The quantitative estimate of drug-likeness (QED) is 0.599. The van der Waals surface area contributed by atoms with Gasteiger partial charge in [-0.1, -0.05) is 36.4 Å². The Morgan fingerprint density at radius 3 is 2.27 bits per heavy atom. The average molecular weight is 464 g/mol. The van der Waals surface area contributed by atoms with E-state index in [1.54, 1.807) is 65.6 Å². The first-order valence-electron chi connectivity index (χ1n) is 10.7. The van der Waals surface area contributed by atoms with Gasteiger partial charge in [0.2, 0.25) is 0 Å². The Labute approximate surface area is 193 Å². The van der Waals surface area contributed by atoms with Crippen molar-refractivity contribution in [3.05, 3.63) is 90.0 Å². The van der Waals surface area contributed by atoms with E-state index in [0.717, 1.165) is 12.8 Å². The van der Waals surface area contributed by atoms with Gasteiger partial charge in [-0.3, -0.25) is 13.9 Å². The van der Waals surface area contributed by atoms with Crippen LogP contribution in [0.25, 0.3) is 0 Å². The molecule has 0 aromatic heterocycles. The van der Waals surface area contributed by atoms with Crippen molar-refractivity contribution in [2.75, 3.05) is 29.8 Å². The Bertz CT molecular complexity index is 1270. The number of anilines is 2. The van der Waals surface area contributed by atoms with Gasteiger partial charge in [-0.15, -0.1) is 0 Å². The van der Waals surface area contributed by atoms with Gasteiger partial charge < -0.3 is 10.2 Å². The summed E-state index contributed by atoms with van der Waals surface area (Å²) in [5.41, 5.74) is 1.51. The van der Waals surface area contributed by atoms with Gasteiger partial charge in [-0.2, -0.15) is 0 Å². The van der Waals surface area contributed by atoms with Crippen LogP contribution in [0.4, 0.5) is 11.4 Å². The maximum absolute atomic E-state index is 13.1. The summed E-state index contributed by atoms with van der Waals surface area (Å²) in [6, 6.07) is 21.4. The number of benzene rings is 3. The van der Waals surface area contributed by atoms with E-state index in [4.69, 9.17) is 0 Å². The molecule has 2 amide bonds. The van der Waals surface area contributed by atoms with Crippen molar-refractivity contribution >= 4 is 33.2 Å². The first-order valence-corrected chi connectivity index (χ1v) is 12.2. The van der Waals surface area contributed by atoms with Crippen LogP contribution in [0.3, 0.4) is 0 Å². The molecule has 1 aliphatic heterocycles. The molecule has 1 saturated heterocycles. The second kappa shape index (κ2) is 9.46. The van der Waals surface area contributed by atoms with Crippen LogP contribution in [0.1, 0.15) is 33.6 Å². The van der Waals surface area contributed by atoms with Crippen molar-refractivity contribution in [3.8, 4) is 0 Å². The third-order valence-corrected chi connectivity index (χ3v) is 7.45. The standard InChI is InChI=1S/C25H25N3O4S/c1-27(20-11-3-2-4-12-20)33(31,32)21-13-9-10-19(18-21)24(29)26-23-15-6-5-14-22(23)25(30)28-16-7-8-17-28/h2-6,9-15,18H,7-8,16-17H2,1H3,(H,26,29). The molecule has 0 radical (unpaired) electrons. The molecule has 0 aliphatic carbocycles. The number of nitrogens with zero attached hydrogens (tertiary/aromatic N) is 2. The number of rotatable bonds is 6. The number of hydrogen-bond acceptors (Lipinski definition) is 4. The highest BCUT2D eigenvalue weighted by molar-refractivity contribution is 7.92. The van der Waals surface area contributed by atoms with E-state index in [2.05, 4.69) is 5.32 Å². The highest BCUT2D eigenvalue weighted by Gasteiger charge is 2.24. The first-order chi connectivity index (χ1) is 15.9. The zero-order chi connectivity index (χ0) is 23.4. The summed E-state index contributed by atoms with van der Waals surface area (Å²) < 4.78 is 27.4. The van der Waals surface area contributed by atoms with Crippen LogP contribution in [0.2, 0.25) is 0 Å². The number of nitrogens with one attached hydrogen (secondary N) is 1. The van der Waals surface area contributed by atoms with Crippen molar-refractivity contribution in [3.63, 3.8) is 0 Å². The van der Waals surface area contributed by atoms with Crippen molar-refractivity contribution in [1.29, 1.82) is 0 Å². The molecule has 0 spiro atoms. The van der Waals surface area contributed by atoms with Crippen LogP contribution in [0, 0.1) is 0 Å². The van der Waals surface area contributed by atoms with E-state index < -0.39 is 15.9 Å². The van der Waals surface area contributed by atoms with E-state index in [9.17, 15) is 18.0 Å². The highest BCUT2D eigenvalue weighted by Crippen LogP contribution is 2.24. The minimum absolute atomic E-state index is 0.00271. The minimum Gasteiger partial charge on any atom is -0.339 e. The Hall–Kier alpha value is -3.65. The molecule has 3 aromatic rings. The maximum atomic E-state index is 13.1. The average Bonchev–Trinajstić information content (AvgIpc) is 3.39. The van der Waals surface area contributed by atoms with E-state index in [0.29, 0.717) is 30.0 Å². The maximum Gasteiger partial charge on any atom is 0.264 e. The predicted molar refractivity (Wildman–Crippen MR) is 128 cm³/mol. The lowest BCUT2D eigenvalue weighted by Gasteiger charge is -2.20. The lowest BCUT2D eigenvalue weighted by Crippen LogP contribution is -2.29. The highest BCUT2D eigenvalue weighted by atomic mass is 32.2. The molecule has 0 bridgehead atoms. The first kappa shape index (κ1) is 22.5. The molecule has 0 saturated carbocycles. The smallest absolute Gasteiger partial charge is 0.264 e. The lowest BCUT2D eigenvalue weighted by molar-refractivity contribution is 0.0794. The molecule has 3 aromatic carbocycles. The van der Waals surface area contributed by atoms with Gasteiger partial charge in [-0.05, 0) is 55.3 Å². The molecular weight excluding hydrogens is 438 g/mol. The molecule has 1 N–H and O–H groups in total. The van der Waals surface area contributed by atoms with Gasteiger partial charge in [0.1, 0.15) is 0 Å². The Kier molecular flexibility index (Phi) is 6.46. The fourth-order valence-corrected chi connectivity index (χ4v) is 5.04. The van der Waals surface area contributed by atoms with E-state index >= 15 is 0 Å². The molecule has 4 rings (SSSR count). The zero-order valence-corrected chi connectivity index (χ0v) is 19.1. The van der Waals surface area contributed by atoms with Gasteiger partial charge in [0, 0.05) is 25.7 Å². The van der Waals surface area contributed by atoms with Crippen molar-refractivity contribution in [2.45, 2.75) is 17.7 Å². The van der Waals surface area contributed by atoms with Crippen molar-refractivity contribution in [2.24, 2.45) is 0 Å². The number of para-hydroxylation sites is 2. The monoisotopic (exact) mass is 463 g/mol. The normalized spacial score (nSPS) is 13.5. The Balaban J connectivity index is 1.58. The van der Waals surface area contributed by atoms with Gasteiger partial charge in [0.05, 0.1) is 21.8 Å². The Morgan fingerprint density at radius 1 is 0.879 bits per heavy atom. The topological polar surface area (TPSA) is 86.8 Å². The summed E-state index contributed by atoms with van der Waals surface area (Å²) in [7, 11) is -2.39. The van der Waals surface area contributed by atoms with Gasteiger partial charge in [0.15, 0.2) is 0 Å². The summed E-state index contributed by atoms with van der Waals surface area (Å²) in [6.07, 6.45) is 1.94.